The Morgan fingerprint density at radius 2 is 0.733 bits per heavy atom. The van der Waals surface area contributed by atoms with Crippen LogP contribution in [0.25, 0.3) is 0 Å². The maximum absolute atomic E-state index is 6.11. The molecule has 0 unspecified atom stereocenters. The summed E-state index contributed by atoms with van der Waals surface area (Å²) in [6.45, 7) is 20.5. The molecule has 3 rings (SSSR count). The highest BCUT2D eigenvalue weighted by molar-refractivity contribution is 5.49. The summed E-state index contributed by atoms with van der Waals surface area (Å²) in [6, 6.07) is 16.4. The zero-order chi connectivity index (χ0) is 22.8. The Kier molecular flexibility index (Phi) is 10.2. The molecule has 0 aliphatic rings. The Hall–Kier alpha value is -2.74. The zero-order valence-electron chi connectivity index (χ0n) is 20.4. The van der Waals surface area contributed by atoms with Crippen LogP contribution < -0.4 is 9.47 Å². The molecule has 3 aromatic carbocycles. The lowest BCUT2D eigenvalue weighted by Crippen LogP contribution is -1.94. The van der Waals surface area contributed by atoms with Crippen LogP contribution in [-0.4, -0.2) is 0 Å². The van der Waals surface area contributed by atoms with Crippen LogP contribution >= 0.6 is 0 Å². The van der Waals surface area contributed by atoms with Crippen LogP contribution in [0.2, 0.25) is 0 Å². The molecule has 2 heteroatoms. The molecule has 2 nitrogen and oxygen atoms in total. The van der Waals surface area contributed by atoms with Crippen molar-refractivity contribution in [3.63, 3.8) is 0 Å². The van der Waals surface area contributed by atoms with E-state index >= 15 is 0 Å². The van der Waals surface area contributed by atoms with E-state index in [9.17, 15) is 0 Å². The van der Waals surface area contributed by atoms with Gasteiger partial charge < -0.3 is 9.47 Å². The lowest BCUT2D eigenvalue weighted by atomic mass is 10.1. The lowest BCUT2D eigenvalue weighted by Gasteiger charge is -2.15. The van der Waals surface area contributed by atoms with Gasteiger partial charge in [-0.1, -0.05) is 39.8 Å². The van der Waals surface area contributed by atoms with Crippen LogP contribution in [0.5, 0.6) is 23.0 Å². The van der Waals surface area contributed by atoms with E-state index in [1.165, 1.54) is 22.3 Å². The summed E-state index contributed by atoms with van der Waals surface area (Å²) in [6.07, 6.45) is 0. The van der Waals surface area contributed by atoms with Crippen molar-refractivity contribution >= 4 is 0 Å². The van der Waals surface area contributed by atoms with Crippen molar-refractivity contribution in [3.05, 3.63) is 81.9 Å². The van der Waals surface area contributed by atoms with Gasteiger partial charge in [-0.3, -0.25) is 0 Å². The minimum absolute atomic E-state index is 0.859. The molecule has 0 fully saturated rings. The minimum atomic E-state index is 0.859. The average molecular weight is 407 g/mol. The van der Waals surface area contributed by atoms with Crippen LogP contribution in [0.3, 0.4) is 0 Å². The van der Waals surface area contributed by atoms with Gasteiger partial charge in [0.1, 0.15) is 23.0 Å². The van der Waals surface area contributed by atoms with E-state index in [-0.39, 0.29) is 0 Å². The van der Waals surface area contributed by atoms with Crippen LogP contribution in [-0.2, 0) is 0 Å². The molecule has 0 spiro atoms. The summed E-state index contributed by atoms with van der Waals surface area (Å²) in [5, 5.41) is 0. The van der Waals surface area contributed by atoms with Crippen molar-refractivity contribution in [2.75, 3.05) is 0 Å². The standard InChI is InChI=1S/C24H26O2.2C2H6/c1-15-7-9-21(11-17(15)3)25-23-13-20(6)24(14-19(23)5)26-22-10-8-16(2)18(4)12-22;2*1-2/h7-14H,1-6H3;2*1-2H3. The highest BCUT2D eigenvalue weighted by Gasteiger charge is 2.10. The molecule has 30 heavy (non-hydrogen) atoms. The second-order valence-electron chi connectivity index (χ2n) is 7.08. The Morgan fingerprint density at radius 3 is 1.03 bits per heavy atom. The van der Waals surface area contributed by atoms with Gasteiger partial charge >= 0.3 is 0 Å². The van der Waals surface area contributed by atoms with Crippen molar-refractivity contribution in [1.29, 1.82) is 0 Å². The van der Waals surface area contributed by atoms with Crippen LogP contribution in [0.4, 0.5) is 0 Å². The molecule has 0 amide bonds. The predicted molar refractivity (Wildman–Crippen MR) is 131 cm³/mol. The normalized spacial score (nSPS) is 9.67. The molecule has 0 aliphatic heterocycles. The first-order valence-corrected chi connectivity index (χ1v) is 10.9. The minimum Gasteiger partial charge on any atom is -0.457 e. The fourth-order valence-corrected chi connectivity index (χ4v) is 2.79. The van der Waals surface area contributed by atoms with Gasteiger partial charge in [-0.05, 0) is 111 Å². The Balaban J connectivity index is 0.00000106. The molecular weight excluding hydrogens is 368 g/mol. The fraction of sp³-hybridized carbons (Fsp3) is 0.357. The van der Waals surface area contributed by atoms with Crippen molar-refractivity contribution in [3.8, 4) is 23.0 Å². The molecular formula is C28H38O2. The summed E-state index contributed by atoms with van der Waals surface area (Å²) >= 11 is 0. The molecule has 0 saturated carbocycles. The van der Waals surface area contributed by atoms with Crippen molar-refractivity contribution < 1.29 is 9.47 Å². The number of aryl methyl sites for hydroxylation is 6. The van der Waals surface area contributed by atoms with Crippen molar-refractivity contribution in [2.24, 2.45) is 0 Å². The second-order valence-corrected chi connectivity index (χ2v) is 7.08. The van der Waals surface area contributed by atoms with E-state index in [1.807, 2.05) is 65.8 Å². The predicted octanol–water partition coefficient (Wildman–Crippen LogP) is 9.17. The Bertz CT molecular complexity index is 876. The van der Waals surface area contributed by atoms with Gasteiger partial charge in [0.25, 0.3) is 0 Å². The third-order valence-electron chi connectivity index (χ3n) is 4.88. The molecule has 0 heterocycles. The van der Waals surface area contributed by atoms with E-state index in [0.717, 1.165) is 34.1 Å². The van der Waals surface area contributed by atoms with E-state index in [2.05, 4.69) is 52.0 Å². The largest absolute Gasteiger partial charge is 0.457 e. The molecule has 0 aromatic heterocycles. The van der Waals surface area contributed by atoms with Gasteiger partial charge in [-0.2, -0.15) is 0 Å². The average Bonchev–Trinajstić information content (AvgIpc) is 2.74. The molecule has 3 aromatic rings. The smallest absolute Gasteiger partial charge is 0.130 e. The van der Waals surface area contributed by atoms with Gasteiger partial charge in [0, 0.05) is 0 Å². The number of ether oxygens (including phenoxy) is 2. The van der Waals surface area contributed by atoms with Crippen molar-refractivity contribution in [2.45, 2.75) is 69.2 Å². The Morgan fingerprint density at radius 1 is 0.400 bits per heavy atom. The van der Waals surface area contributed by atoms with Crippen LogP contribution in [0, 0.1) is 41.5 Å². The number of benzene rings is 3. The first kappa shape index (κ1) is 25.3. The first-order chi connectivity index (χ1) is 14.3. The molecule has 162 valence electrons. The summed E-state index contributed by atoms with van der Waals surface area (Å²) in [5.74, 6) is 3.44. The quantitative estimate of drug-likeness (QED) is 0.430. The molecule has 0 radical (unpaired) electrons. The highest BCUT2D eigenvalue weighted by Crippen LogP contribution is 2.34. The van der Waals surface area contributed by atoms with Gasteiger partial charge in [-0.25, -0.2) is 0 Å². The number of hydrogen-bond acceptors (Lipinski definition) is 2. The molecule has 0 saturated heterocycles. The van der Waals surface area contributed by atoms with Crippen LogP contribution in [0.1, 0.15) is 61.1 Å². The first-order valence-electron chi connectivity index (χ1n) is 10.9. The summed E-state index contributed by atoms with van der Waals surface area (Å²) in [5.41, 5.74) is 7.09. The fourth-order valence-electron chi connectivity index (χ4n) is 2.79. The summed E-state index contributed by atoms with van der Waals surface area (Å²) in [4.78, 5) is 0. The van der Waals surface area contributed by atoms with Crippen molar-refractivity contribution in [1.82, 2.24) is 0 Å². The maximum Gasteiger partial charge on any atom is 0.130 e. The summed E-state index contributed by atoms with van der Waals surface area (Å²) < 4.78 is 12.2. The summed E-state index contributed by atoms with van der Waals surface area (Å²) in [7, 11) is 0. The van der Waals surface area contributed by atoms with Gasteiger partial charge in [0.2, 0.25) is 0 Å². The number of rotatable bonds is 4. The van der Waals surface area contributed by atoms with E-state index < -0.39 is 0 Å². The van der Waals surface area contributed by atoms with E-state index in [1.54, 1.807) is 0 Å². The SMILES string of the molecule is CC.CC.Cc1ccc(Oc2cc(C)c(Oc3ccc(C)c(C)c3)cc2C)cc1C. The maximum atomic E-state index is 6.11. The third kappa shape index (κ3) is 6.66. The molecule has 0 atom stereocenters. The second kappa shape index (κ2) is 12.1. The third-order valence-corrected chi connectivity index (χ3v) is 4.88. The Labute approximate surface area is 183 Å². The van der Waals surface area contributed by atoms with E-state index in [0.29, 0.717) is 0 Å². The zero-order valence-corrected chi connectivity index (χ0v) is 20.4. The monoisotopic (exact) mass is 406 g/mol. The lowest BCUT2D eigenvalue weighted by molar-refractivity contribution is 0.462. The molecule has 0 bridgehead atoms. The topological polar surface area (TPSA) is 18.5 Å². The van der Waals surface area contributed by atoms with Gasteiger partial charge in [0.05, 0.1) is 0 Å². The van der Waals surface area contributed by atoms with Crippen LogP contribution in [0.15, 0.2) is 48.5 Å². The van der Waals surface area contributed by atoms with E-state index in [4.69, 9.17) is 9.47 Å². The molecule has 0 aliphatic carbocycles. The highest BCUT2D eigenvalue weighted by atomic mass is 16.5. The number of hydrogen-bond donors (Lipinski definition) is 0. The molecule has 0 N–H and O–H groups in total. The van der Waals surface area contributed by atoms with Gasteiger partial charge in [0.15, 0.2) is 0 Å². The van der Waals surface area contributed by atoms with Gasteiger partial charge in [-0.15, -0.1) is 0 Å².